The van der Waals surface area contributed by atoms with Gasteiger partial charge in [0, 0.05) is 13.6 Å². The number of nitrogens with two attached hydrogens (primary N) is 1. The Labute approximate surface area is 84.6 Å². The monoisotopic (exact) mass is 201 g/mol. The van der Waals surface area contributed by atoms with E-state index in [0.29, 0.717) is 6.54 Å². The van der Waals surface area contributed by atoms with Crippen LogP contribution in [0.4, 0.5) is 0 Å². The quantitative estimate of drug-likeness (QED) is 0.618. The van der Waals surface area contributed by atoms with Crippen LogP contribution in [-0.2, 0) is 9.59 Å². The molecule has 0 heterocycles. The molecule has 0 aliphatic heterocycles. The Morgan fingerprint density at radius 1 is 1.50 bits per heavy atom. The summed E-state index contributed by atoms with van der Waals surface area (Å²) in [5.41, 5.74) is 5.46. The molecule has 0 aliphatic rings. The van der Waals surface area contributed by atoms with Crippen LogP contribution in [-0.4, -0.2) is 42.9 Å². The van der Waals surface area contributed by atoms with E-state index in [2.05, 4.69) is 5.32 Å². The molecule has 0 unspecified atom stereocenters. The molecule has 0 saturated carbocycles. The summed E-state index contributed by atoms with van der Waals surface area (Å²) < 4.78 is 0. The standard InChI is InChI=1S/C9H19N3O2/c1-4-5-12(6-8(13)11-3)9(14)7(2)10/h7H,4-6,10H2,1-3H3,(H,11,13)/t7-/m0/s1. The van der Waals surface area contributed by atoms with Gasteiger partial charge in [0.15, 0.2) is 0 Å². The van der Waals surface area contributed by atoms with Crippen LogP contribution in [0.15, 0.2) is 0 Å². The van der Waals surface area contributed by atoms with Crippen molar-refractivity contribution in [2.75, 3.05) is 20.1 Å². The largest absolute Gasteiger partial charge is 0.358 e. The molecule has 0 aromatic carbocycles. The maximum absolute atomic E-state index is 11.5. The van der Waals surface area contributed by atoms with E-state index in [-0.39, 0.29) is 18.4 Å². The highest BCUT2D eigenvalue weighted by Gasteiger charge is 2.18. The second-order valence-corrected chi connectivity index (χ2v) is 3.22. The summed E-state index contributed by atoms with van der Waals surface area (Å²) in [5, 5.41) is 2.47. The Bertz CT molecular complexity index is 204. The number of hydrogen-bond donors (Lipinski definition) is 2. The highest BCUT2D eigenvalue weighted by molar-refractivity contribution is 5.87. The zero-order valence-corrected chi connectivity index (χ0v) is 9.04. The molecule has 0 fully saturated rings. The van der Waals surface area contributed by atoms with Gasteiger partial charge in [0.1, 0.15) is 0 Å². The van der Waals surface area contributed by atoms with Gasteiger partial charge >= 0.3 is 0 Å². The van der Waals surface area contributed by atoms with E-state index in [0.717, 1.165) is 6.42 Å². The van der Waals surface area contributed by atoms with Crippen LogP contribution in [0.2, 0.25) is 0 Å². The molecule has 0 saturated heterocycles. The maximum atomic E-state index is 11.5. The first-order valence-corrected chi connectivity index (χ1v) is 4.77. The van der Waals surface area contributed by atoms with Crippen molar-refractivity contribution in [3.63, 3.8) is 0 Å². The Balaban J connectivity index is 4.28. The first-order valence-electron chi connectivity index (χ1n) is 4.77. The van der Waals surface area contributed by atoms with Gasteiger partial charge in [-0.3, -0.25) is 9.59 Å². The number of nitrogens with zero attached hydrogens (tertiary/aromatic N) is 1. The van der Waals surface area contributed by atoms with E-state index in [9.17, 15) is 9.59 Å². The van der Waals surface area contributed by atoms with Crippen molar-refractivity contribution in [3.8, 4) is 0 Å². The molecule has 82 valence electrons. The second kappa shape index (κ2) is 6.37. The van der Waals surface area contributed by atoms with Gasteiger partial charge in [-0.1, -0.05) is 6.92 Å². The number of likely N-dealkylation sites (N-methyl/N-ethyl adjacent to an activating group) is 1. The van der Waals surface area contributed by atoms with Crippen molar-refractivity contribution in [3.05, 3.63) is 0 Å². The van der Waals surface area contributed by atoms with Crippen LogP contribution in [0.1, 0.15) is 20.3 Å². The Morgan fingerprint density at radius 3 is 2.43 bits per heavy atom. The number of carbonyl (C=O) groups excluding carboxylic acids is 2. The smallest absolute Gasteiger partial charge is 0.239 e. The molecular weight excluding hydrogens is 182 g/mol. The van der Waals surface area contributed by atoms with Gasteiger partial charge in [0.2, 0.25) is 11.8 Å². The first-order chi connectivity index (χ1) is 6.52. The molecule has 5 heteroatoms. The lowest BCUT2D eigenvalue weighted by Crippen LogP contribution is -2.46. The molecule has 0 aliphatic carbocycles. The maximum Gasteiger partial charge on any atom is 0.239 e. The lowest BCUT2D eigenvalue weighted by Gasteiger charge is -2.22. The van der Waals surface area contributed by atoms with Gasteiger partial charge in [0.05, 0.1) is 12.6 Å². The van der Waals surface area contributed by atoms with Crippen LogP contribution in [0.25, 0.3) is 0 Å². The minimum atomic E-state index is -0.550. The van der Waals surface area contributed by atoms with Crippen LogP contribution in [0.3, 0.4) is 0 Å². The van der Waals surface area contributed by atoms with Crippen LogP contribution in [0, 0.1) is 0 Å². The fourth-order valence-electron chi connectivity index (χ4n) is 1.08. The third-order valence-electron chi connectivity index (χ3n) is 1.81. The summed E-state index contributed by atoms with van der Waals surface area (Å²) >= 11 is 0. The Morgan fingerprint density at radius 2 is 2.07 bits per heavy atom. The minimum Gasteiger partial charge on any atom is -0.358 e. The number of amides is 2. The van der Waals surface area contributed by atoms with Gasteiger partial charge in [0.25, 0.3) is 0 Å². The number of rotatable bonds is 5. The summed E-state index contributed by atoms with van der Waals surface area (Å²) in [5.74, 6) is -0.358. The van der Waals surface area contributed by atoms with Crippen molar-refractivity contribution in [2.24, 2.45) is 5.73 Å². The molecule has 0 radical (unpaired) electrons. The Hall–Kier alpha value is -1.10. The lowest BCUT2D eigenvalue weighted by molar-refractivity contribution is -0.136. The van der Waals surface area contributed by atoms with Crippen LogP contribution >= 0.6 is 0 Å². The number of hydrogen-bond acceptors (Lipinski definition) is 3. The molecule has 2 amide bonds. The van der Waals surface area contributed by atoms with Crippen molar-refractivity contribution >= 4 is 11.8 Å². The molecule has 1 atom stereocenters. The molecule has 0 rings (SSSR count). The summed E-state index contributed by atoms with van der Waals surface area (Å²) in [6.45, 7) is 4.22. The third-order valence-corrected chi connectivity index (χ3v) is 1.81. The predicted octanol–water partition coefficient (Wildman–Crippen LogP) is -0.682. The molecule has 14 heavy (non-hydrogen) atoms. The predicted molar refractivity (Wildman–Crippen MR) is 54.6 cm³/mol. The second-order valence-electron chi connectivity index (χ2n) is 3.22. The van der Waals surface area contributed by atoms with E-state index in [1.54, 1.807) is 14.0 Å². The average molecular weight is 201 g/mol. The van der Waals surface area contributed by atoms with Gasteiger partial charge in [-0.2, -0.15) is 0 Å². The van der Waals surface area contributed by atoms with Gasteiger partial charge < -0.3 is 16.0 Å². The van der Waals surface area contributed by atoms with E-state index >= 15 is 0 Å². The molecule has 0 aromatic heterocycles. The van der Waals surface area contributed by atoms with Crippen molar-refractivity contribution in [1.29, 1.82) is 0 Å². The molecule has 0 aromatic rings. The minimum absolute atomic E-state index is 0.0880. The SMILES string of the molecule is CCCN(CC(=O)NC)C(=O)[C@H](C)N. The zero-order chi connectivity index (χ0) is 11.1. The first kappa shape index (κ1) is 12.9. The Kier molecular flexibility index (Phi) is 5.87. The molecule has 0 spiro atoms. The summed E-state index contributed by atoms with van der Waals surface area (Å²) in [6.07, 6.45) is 0.815. The lowest BCUT2D eigenvalue weighted by atomic mass is 10.3. The van der Waals surface area contributed by atoms with Crippen molar-refractivity contribution < 1.29 is 9.59 Å². The molecule has 0 bridgehead atoms. The molecular formula is C9H19N3O2. The van der Waals surface area contributed by atoms with E-state index < -0.39 is 6.04 Å². The van der Waals surface area contributed by atoms with Crippen molar-refractivity contribution in [1.82, 2.24) is 10.2 Å². The highest BCUT2D eigenvalue weighted by Crippen LogP contribution is 1.95. The number of carbonyl (C=O) groups is 2. The van der Waals surface area contributed by atoms with E-state index in [1.807, 2.05) is 6.92 Å². The van der Waals surface area contributed by atoms with Crippen molar-refractivity contribution in [2.45, 2.75) is 26.3 Å². The fraction of sp³-hybridized carbons (Fsp3) is 0.778. The van der Waals surface area contributed by atoms with E-state index in [4.69, 9.17) is 5.73 Å². The molecule has 3 N–H and O–H groups in total. The zero-order valence-electron chi connectivity index (χ0n) is 9.04. The highest BCUT2D eigenvalue weighted by atomic mass is 16.2. The van der Waals surface area contributed by atoms with Gasteiger partial charge in [-0.05, 0) is 13.3 Å². The molecule has 5 nitrogen and oxygen atoms in total. The normalized spacial score (nSPS) is 12.0. The number of nitrogens with one attached hydrogen (secondary N) is 1. The van der Waals surface area contributed by atoms with Gasteiger partial charge in [-0.15, -0.1) is 0 Å². The topological polar surface area (TPSA) is 75.4 Å². The summed E-state index contributed by atoms with van der Waals surface area (Å²) in [6, 6.07) is -0.550. The average Bonchev–Trinajstić information content (AvgIpc) is 2.15. The third kappa shape index (κ3) is 4.23. The van der Waals surface area contributed by atoms with E-state index in [1.165, 1.54) is 4.90 Å². The summed E-state index contributed by atoms with van der Waals surface area (Å²) in [4.78, 5) is 24.1. The fourth-order valence-corrected chi connectivity index (χ4v) is 1.08. The van der Waals surface area contributed by atoms with Crippen LogP contribution < -0.4 is 11.1 Å². The summed E-state index contributed by atoms with van der Waals surface area (Å²) in [7, 11) is 1.54. The van der Waals surface area contributed by atoms with Gasteiger partial charge in [-0.25, -0.2) is 0 Å². The van der Waals surface area contributed by atoms with Crippen LogP contribution in [0.5, 0.6) is 0 Å².